The first kappa shape index (κ1) is 14.7. The molecule has 2 aromatic carbocycles. The number of carbonyl (C=O) groups excluding carboxylic acids is 1. The summed E-state index contributed by atoms with van der Waals surface area (Å²) >= 11 is 0. The molecule has 0 radical (unpaired) electrons. The molecule has 0 heterocycles. The maximum Gasteiger partial charge on any atom is 0.257 e. The number of para-hydroxylation sites is 1. The van der Waals surface area contributed by atoms with Gasteiger partial charge in [0.15, 0.2) is 5.75 Å². The molecule has 0 spiro atoms. The largest absolute Gasteiger partial charge is 0.508 e. The normalized spacial score (nSPS) is 10.2. The van der Waals surface area contributed by atoms with Crippen LogP contribution in [0.25, 0.3) is 0 Å². The number of carbonyl (C=O) groups is 1. The molecular formula is C16H18N2O3. The third-order valence-electron chi connectivity index (χ3n) is 3.18. The molecule has 0 saturated carbocycles. The number of ether oxygens (including phenoxy) is 1. The summed E-state index contributed by atoms with van der Waals surface area (Å²) in [5, 5.41) is 9.27. The topological polar surface area (TPSA) is 75.8 Å². The number of aromatic hydroxyl groups is 1. The predicted molar refractivity (Wildman–Crippen MR) is 81.3 cm³/mol. The summed E-state index contributed by atoms with van der Waals surface area (Å²) in [5.41, 5.74) is 7.60. The number of hydrogen-bond donors (Lipinski definition) is 2. The van der Waals surface area contributed by atoms with Crippen LogP contribution in [-0.2, 0) is 6.54 Å². The van der Waals surface area contributed by atoms with Gasteiger partial charge in [-0.05, 0) is 29.8 Å². The zero-order valence-corrected chi connectivity index (χ0v) is 12.0. The highest BCUT2D eigenvalue weighted by Crippen LogP contribution is 2.27. The molecular weight excluding hydrogens is 268 g/mol. The third kappa shape index (κ3) is 3.25. The Labute approximate surface area is 123 Å². The molecule has 0 aromatic heterocycles. The van der Waals surface area contributed by atoms with E-state index < -0.39 is 0 Å². The lowest BCUT2D eigenvalue weighted by atomic mass is 10.1. The van der Waals surface area contributed by atoms with E-state index in [9.17, 15) is 9.90 Å². The van der Waals surface area contributed by atoms with Crippen LogP contribution < -0.4 is 10.5 Å². The Morgan fingerprint density at radius 1 is 1.24 bits per heavy atom. The fourth-order valence-corrected chi connectivity index (χ4v) is 2.10. The molecule has 5 nitrogen and oxygen atoms in total. The number of nitrogen functional groups attached to an aromatic ring is 1. The fraction of sp³-hybridized carbons (Fsp3) is 0.188. The summed E-state index contributed by atoms with van der Waals surface area (Å²) in [6.45, 7) is 0.428. The van der Waals surface area contributed by atoms with E-state index in [4.69, 9.17) is 10.5 Å². The SMILES string of the molecule is COc1c(N)cccc1C(=O)N(C)Cc1ccc(O)cc1. The number of hydrogen-bond acceptors (Lipinski definition) is 4. The van der Waals surface area contributed by atoms with E-state index in [1.165, 1.54) is 7.11 Å². The number of phenolic OH excluding ortho intramolecular Hbond substituents is 1. The average Bonchev–Trinajstić information content (AvgIpc) is 2.48. The number of nitrogens with two attached hydrogens (primary N) is 1. The molecule has 2 aromatic rings. The summed E-state index contributed by atoms with van der Waals surface area (Å²) in [4.78, 5) is 14.1. The van der Waals surface area contributed by atoms with Crippen LogP contribution in [0.2, 0.25) is 0 Å². The van der Waals surface area contributed by atoms with Gasteiger partial charge in [-0.3, -0.25) is 4.79 Å². The van der Waals surface area contributed by atoms with Gasteiger partial charge in [0.1, 0.15) is 5.75 Å². The Bertz CT molecular complexity index is 638. The molecule has 0 unspecified atom stereocenters. The van der Waals surface area contributed by atoms with Crippen molar-refractivity contribution in [2.45, 2.75) is 6.54 Å². The molecule has 110 valence electrons. The van der Waals surface area contributed by atoms with Crippen molar-refractivity contribution in [3.8, 4) is 11.5 Å². The number of methoxy groups -OCH3 is 1. The Balaban J connectivity index is 2.19. The number of benzene rings is 2. The monoisotopic (exact) mass is 286 g/mol. The van der Waals surface area contributed by atoms with Crippen LogP contribution in [0, 0.1) is 0 Å². The van der Waals surface area contributed by atoms with Gasteiger partial charge in [-0.2, -0.15) is 0 Å². The molecule has 3 N–H and O–H groups in total. The maximum absolute atomic E-state index is 12.5. The second kappa shape index (κ2) is 6.17. The van der Waals surface area contributed by atoms with Gasteiger partial charge in [-0.15, -0.1) is 0 Å². The lowest BCUT2D eigenvalue weighted by molar-refractivity contribution is 0.0782. The molecule has 5 heteroatoms. The first-order valence-corrected chi connectivity index (χ1v) is 6.48. The van der Waals surface area contributed by atoms with Crippen molar-refractivity contribution in [1.29, 1.82) is 0 Å². The van der Waals surface area contributed by atoms with E-state index in [-0.39, 0.29) is 11.7 Å². The van der Waals surface area contributed by atoms with E-state index in [0.29, 0.717) is 23.5 Å². The molecule has 2 rings (SSSR count). The Morgan fingerprint density at radius 3 is 2.52 bits per heavy atom. The van der Waals surface area contributed by atoms with E-state index >= 15 is 0 Å². The van der Waals surface area contributed by atoms with Gasteiger partial charge in [0.05, 0.1) is 18.4 Å². The van der Waals surface area contributed by atoms with Crippen molar-refractivity contribution in [3.63, 3.8) is 0 Å². The number of anilines is 1. The lowest BCUT2D eigenvalue weighted by Crippen LogP contribution is -2.26. The number of rotatable bonds is 4. The minimum Gasteiger partial charge on any atom is -0.508 e. The molecule has 0 saturated heterocycles. The molecule has 0 atom stereocenters. The third-order valence-corrected chi connectivity index (χ3v) is 3.18. The van der Waals surface area contributed by atoms with Crippen LogP contribution in [0.1, 0.15) is 15.9 Å². The smallest absolute Gasteiger partial charge is 0.257 e. The highest BCUT2D eigenvalue weighted by atomic mass is 16.5. The minimum absolute atomic E-state index is 0.174. The van der Waals surface area contributed by atoms with Gasteiger partial charge in [0.2, 0.25) is 0 Å². The van der Waals surface area contributed by atoms with E-state index in [1.807, 2.05) is 0 Å². The molecule has 0 aliphatic heterocycles. The molecule has 0 aliphatic carbocycles. The average molecular weight is 286 g/mol. The summed E-state index contributed by atoms with van der Waals surface area (Å²) in [7, 11) is 3.19. The van der Waals surface area contributed by atoms with Crippen molar-refractivity contribution in [2.24, 2.45) is 0 Å². The van der Waals surface area contributed by atoms with Crippen LogP contribution in [0.3, 0.4) is 0 Å². The van der Waals surface area contributed by atoms with Crippen LogP contribution >= 0.6 is 0 Å². The van der Waals surface area contributed by atoms with E-state index in [0.717, 1.165) is 5.56 Å². The van der Waals surface area contributed by atoms with Crippen molar-refractivity contribution in [2.75, 3.05) is 19.9 Å². The van der Waals surface area contributed by atoms with Gasteiger partial charge < -0.3 is 20.5 Å². The molecule has 0 aliphatic rings. The summed E-state index contributed by atoms with van der Waals surface area (Å²) < 4.78 is 5.21. The standard InChI is InChI=1S/C16H18N2O3/c1-18(10-11-6-8-12(19)9-7-11)16(20)13-4-3-5-14(17)15(13)21-2/h3-9,19H,10,17H2,1-2H3. The van der Waals surface area contributed by atoms with Crippen molar-refractivity contribution in [1.82, 2.24) is 4.90 Å². The van der Waals surface area contributed by atoms with Crippen LogP contribution in [0.5, 0.6) is 11.5 Å². The van der Waals surface area contributed by atoms with Gasteiger partial charge in [-0.25, -0.2) is 0 Å². The van der Waals surface area contributed by atoms with Crippen LogP contribution in [-0.4, -0.2) is 30.1 Å². The van der Waals surface area contributed by atoms with Gasteiger partial charge in [0, 0.05) is 13.6 Å². The van der Waals surface area contributed by atoms with Crippen molar-refractivity contribution < 1.29 is 14.6 Å². The lowest BCUT2D eigenvalue weighted by Gasteiger charge is -2.19. The highest BCUT2D eigenvalue weighted by molar-refractivity contribution is 5.98. The highest BCUT2D eigenvalue weighted by Gasteiger charge is 2.18. The first-order valence-electron chi connectivity index (χ1n) is 6.48. The number of amides is 1. The summed E-state index contributed by atoms with van der Waals surface area (Å²) in [6.07, 6.45) is 0. The maximum atomic E-state index is 12.5. The second-order valence-electron chi connectivity index (χ2n) is 4.76. The minimum atomic E-state index is -0.174. The van der Waals surface area contributed by atoms with Gasteiger partial charge in [0.25, 0.3) is 5.91 Å². The molecule has 0 fully saturated rings. The fourth-order valence-electron chi connectivity index (χ4n) is 2.10. The molecule has 0 bridgehead atoms. The quantitative estimate of drug-likeness (QED) is 0.845. The van der Waals surface area contributed by atoms with E-state index in [1.54, 1.807) is 54.4 Å². The summed E-state index contributed by atoms with van der Waals surface area (Å²) in [6, 6.07) is 11.8. The zero-order valence-electron chi connectivity index (χ0n) is 12.0. The number of nitrogens with zero attached hydrogens (tertiary/aromatic N) is 1. The van der Waals surface area contributed by atoms with Gasteiger partial charge >= 0.3 is 0 Å². The Morgan fingerprint density at radius 2 is 1.90 bits per heavy atom. The second-order valence-corrected chi connectivity index (χ2v) is 4.76. The Hall–Kier alpha value is -2.69. The molecule has 1 amide bonds. The predicted octanol–water partition coefficient (Wildman–Crippen LogP) is 2.26. The Kier molecular flexibility index (Phi) is 4.33. The first-order chi connectivity index (χ1) is 10.0. The van der Waals surface area contributed by atoms with Crippen LogP contribution in [0.15, 0.2) is 42.5 Å². The van der Waals surface area contributed by atoms with Crippen molar-refractivity contribution in [3.05, 3.63) is 53.6 Å². The zero-order chi connectivity index (χ0) is 15.4. The van der Waals surface area contributed by atoms with Crippen LogP contribution in [0.4, 0.5) is 5.69 Å². The van der Waals surface area contributed by atoms with Gasteiger partial charge in [-0.1, -0.05) is 18.2 Å². The number of phenols is 1. The molecule has 21 heavy (non-hydrogen) atoms. The summed E-state index contributed by atoms with van der Waals surface area (Å²) in [5.74, 6) is 0.414. The van der Waals surface area contributed by atoms with E-state index in [2.05, 4.69) is 0 Å². The van der Waals surface area contributed by atoms with Crippen molar-refractivity contribution >= 4 is 11.6 Å².